The van der Waals surface area contributed by atoms with Crippen molar-refractivity contribution in [2.45, 2.75) is 56.9 Å². The molecular weight excluding hydrogens is 580 g/mol. The van der Waals surface area contributed by atoms with Crippen molar-refractivity contribution >= 4 is 28.2 Å². The Hall–Kier alpha value is -3.95. The quantitative estimate of drug-likeness (QED) is 0.213. The lowest BCUT2D eigenvalue weighted by Crippen LogP contribution is -2.54. The van der Waals surface area contributed by atoms with Gasteiger partial charge in [-0.1, -0.05) is 12.0 Å². The number of carboxylic acid groups (broad SMARTS) is 1. The standard InChI is InChI=1S/C32H36F4N4O4/c1-31(39-13-15-44-16-14-39)10-8-21(9-11-31)38-26-6-3-7-28-24(26)17-22(40(28)20-32(34,35)36)5-4-12-37-27-19-25(33)23(30(41)42)18-29(27)43-2/h3,6-7,17-19,21,37-38H,8-16,20H2,1-2H3,(H,41,42). The molecule has 2 heterocycles. The molecule has 0 atom stereocenters. The fourth-order valence-electron chi connectivity index (χ4n) is 6.19. The first-order valence-corrected chi connectivity index (χ1v) is 14.6. The molecule has 3 aromatic rings. The first-order valence-electron chi connectivity index (χ1n) is 14.6. The summed E-state index contributed by atoms with van der Waals surface area (Å²) < 4.78 is 67.0. The van der Waals surface area contributed by atoms with Gasteiger partial charge in [-0.2, -0.15) is 13.2 Å². The monoisotopic (exact) mass is 616 g/mol. The number of aromatic nitrogens is 1. The Kier molecular flexibility index (Phi) is 9.27. The van der Waals surface area contributed by atoms with Crippen LogP contribution in [0.4, 0.5) is 28.9 Å². The van der Waals surface area contributed by atoms with E-state index in [0.717, 1.165) is 74.4 Å². The average molecular weight is 617 g/mol. The number of ether oxygens (including phenoxy) is 2. The van der Waals surface area contributed by atoms with E-state index < -0.39 is 30.1 Å². The summed E-state index contributed by atoms with van der Waals surface area (Å²) in [4.78, 5) is 13.7. The minimum atomic E-state index is -4.46. The lowest BCUT2D eigenvalue weighted by molar-refractivity contribution is -0.140. The van der Waals surface area contributed by atoms with Crippen LogP contribution in [0.15, 0.2) is 36.4 Å². The summed E-state index contributed by atoms with van der Waals surface area (Å²) >= 11 is 0. The number of rotatable bonds is 8. The van der Waals surface area contributed by atoms with Gasteiger partial charge in [0.1, 0.15) is 18.1 Å². The number of aromatic carboxylic acids is 1. The van der Waals surface area contributed by atoms with Gasteiger partial charge in [0.05, 0.1) is 49.3 Å². The average Bonchev–Trinajstić information content (AvgIpc) is 3.33. The highest BCUT2D eigenvalue weighted by atomic mass is 19.4. The lowest BCUT2D eigenvalue weighted by Gasteiger charge is -2.47. The fourth-order valence-corrected chi connectivity index (χ4v) is 6.19. The number of carbonyl (C=O) groups is 1. The van der Waals surface area contributed by atoms with Crippen LogP contribution in [0.5, 0.6) is 5.75 Å². The number of morpholine rings is 1. The Morgan fingerprint density at radius 3 is 2.55 bits per heavy atom. The van der Waals surface area contributed by atoms with Gasteiger partial charge in [-0.15, -0.1) is 0 Å². The predicted molar refractivity (Wildman–Crippen MR) is 160 cm³/mol. The number of nitrogens with one attached hydrogen (secondary N) is 2. The first kappa shape index (κ1) is 31.5. The second-order valence-electron chi connectivity index (χ2n) is 11.5. The maximum Gasteiger partial charge on any atom is 0.406 e. The molecule has 1 aromatic heterocycles. The van der Waals surface area contributed by atoms with Crippen molar-refractivity contribution in [3.63, 3.8) is 0 Å². The van der Waals surface area contributed by atoms with E-state index in [1.807, 2.05) is 6.07 Å². The number of nitrogens with zero attached hydrogens (tertiary/aromatic N) is 2. The molecule has 0 unspecified atom stereocenters. The number of carboxylic acids is 1. The molecule has 1 aliphatic carbocycles. The number of benzene rings is 2. The van der Waals surface area contributed by atoms with Crippen LogP contribution in [0.25, 0.3) is 10.9 Å². The van der Waals surface area contributed by atoms with Gasteiger partial charge in [-0.25, -0.2) is 9.18 Å². The zero-order chi connectivity index (χ0) is 31.5. The molecule has 0 radical (unpaired) electrons. The molecule has 5 rings (SSSR count). The minimum Gasteiger partial charge on any atom is -0.495 e. The van der Waals surface area contributed by atoms with Gasteiger partial charge in [0.25, 0.3) is 0 Å². The number of hydrogen-bond donors (Lipinski definition) is 3. The summed E-state index contributed by atoms with van der Waals surface area (Å²) in [5.74, 6) is 3.35. The number of fused-ring (bicyclic) bond motifs is 1. The molecule has 12 heteroatoms. The van der Waals surface area contributed by atoms with Crippen LogP contribution in [0.3, 0.4) is 0 Å². The first-order chi connectivity index (χ1) is 21.0. The Bertz CT molecular complexity index is 1560. The molecule has 3 N–H and O–H groups in total. The van der Waals surface area contributed by atoms with Crippen LogP contribution in [0.2, 0.25) is 0 Å². The molecule has 0 bridgehead atoms. The summed E-state index contributed by atoms with van der Waals surface area (Å²) in [5.41, 5.74) is 1.13. The van der Waals surface area contributed by atoms with Crippen molar-refractivity contribution in [1.82, 2.24) is 9.47 Å². The van der Waals surface area contributed by atoms with Crippen LogP contribution in [-0.4, -0.2) is 78.3 Å². The van der Waals surface area contributed by atoms with E-state index in [4.69, 9.17) is 14.6 Å². The zero-order valence-electron chi connectivity index (χ0n) is 24.7. The lowest BCUT2D eigenvalue weighted by atomic mass is 9.79. The Morgan fingerprint density at radius 2 is 1.89 bits per heavy atom. The van der Waals surface area contributed by atoms with E-state index in [2.05, 4.69) is 34.3 Å². The maximum atomic E-state index is 14.2. The van der Waals surface area contributed by atoms with Crippen LogP contribution in [-0.2, 0) is 11.3 Å². The molecule has 236 valence electrons. The van der Waals surface area contributed by atoms with Crippen LogP contribution >= 0.6 is 0 Å². The van der Waals surface area contributed by atoms with Gasteiger partial charge in [-0.3, -0.25) is 4.90 Å². The largest absolute Gasteiger partial charge is 0.495 e. The predicted octanol–water partition coefficient (Wildman–Crippen LogP) is 5.96. The number of alkyl halides is 3. The Morgan fingerprint density at radius 1 is 1.16 bits per heavy atom. The molecule has 2 aliphatic rings. The van der Waals surface area contributed by atoms with E-state index >= 15 is 0 Å². The summed E-state index contributed by atoms with van der Waals surface area (Å²) in [7, 11) is 1.31. The summed E-state index contributed by atoms with van der Waals surface area (Å²) in [5, 5.41) is 16.2. The van der Waals surface area contributed by atoms with Gasteiger partial charge in [0, 0.05) is 41.8 Å². The molecular formula is C32H36F4N4O4. The molecule has 2 aromatic carbocycles. The van der Waals surface area contributed by atoms with Gasteiger partial charge in [-0.05, 0) is 62.8 Å². The van der Waals surface area contributed by atoms with E-state index in [9.17, 15) is 22.4 Å². The van der Waals surface area contributed by atoms with E-state index in [1.54, 1.807) is 18.2 Å². The minimum absolute atomic E-state index is 0.0507. The third-order valence-electron chi connectivity index (χ3n) is 8.58. The molecule has 0 amide bonds. The molecule has 1 aliphatic heterocycles. The molecule has 0 spiro atoms. The smallest absolute Gasteiger partial charge is 0.406 e. The summed E-state index contributed by atoms with van der Waals surface area (Å²) in [6.45, 7) is 4.43. The molecule has 2 fully saturated rings. The van der Waals surface area contributed by atoms with Crippen molar-refractivity contribution < 1.29 is 36.9 Å². The van der Waals surface area contributed by atoms with E-state index in [0.29, 0.717) is 10.9 Å². The highest BCUT2D eigenvalue weighted by Gasteiger charge is 2.37. The summed E-state index contributed by atoms with van der Waals surface area (Å²) in [6.07, 6.45) is -0.527. The number of halogens is 4. The van der Waals surface area contributed by atoms with Crippen molar-refractivity contribution in [2.24, 2.45) is 0 Å². The van der Waals surface area contributed by atoms with Crippen LogP contribution in [0, 0.1) is 17.7 Å². The second kappa shape index (κ2) is 13.0. The second-order valence-corrected chi connectivity index (χ2v) is 11.5. The number of hydrogen-bond acceptors (Lipinski definition) is 6. The highest BCUT2D eigenvalue weighted by molar-refractivity contribution is 5.94. The molecule has 44 heavy (non-hydrogen) atoms. The van der Waals surface area contributed by atoms with Crippen molar-refractivity contribution in [1.29, 1.82) is 0 Å². The van der Waals surface area contributed by atoms with Crippen molar-refractivity contribution in [3.05, 3.63) is 53.5 Å². The highest BCUT2D eigenvalue weighted by Crippen LogP contribution is 2.37. The Balaban J connectivity index is 1.34. The van der Waals surface area contributed by atoms with E-state index in [1.165, 1.54) is 7.11 Å². The molecule has 1 saturated carbocycles. The summed E-state index contributed by atoms with van der Waals surface area (Å²) in [6, 6.07) is 9.19. The number of methoxy groups -OCH3 is 1. The zero-order valence-corrected chi connectivity index (χ0v) is 24.7. The van der Waals surface area contributed by atoms with Gasteiger partial charge >= 0.3 is 12.1 Å². The SMILES string of the molecule is COc1cc(C(=O)O)c(F)cc1NCC#Cc1cc2c(NC3CCC(C)(N4CCOCC4)CC3)cccc2n1CC(F)(F)F. The third kappa shape index (κ3) is 7.05. The topological polar surface area (TPSA) is 88.0 Å². The van der Waals surface area contributed by atoms with Gasteiger partial charge < -0.3 is 29.8 Å². The van der Waals surface area contributed by atoms with Gasteiger partial charge in [0.2, 0.25) is 0 Å². The normalized spacial score (nSPS) is 21.0. The third-order valence-corrected chi connectivity index (χ3v) is 8.58. The molecule has 1 saturated heterocycles. The van der Waals surface area contributed by atoms with Crippen molar-refractivity contribution in [2.75, 3.05) is 50.6 Å². The number of anilines is 2. The van der Waals surface area contributed by atoms with Crippen LogP contribution < -0.4 is 15.4 Å². The maximum absolute atomic E-state index is 14.2. The fraction of sp³-hybridized carbons (Fsp3) is 0.469. The van der Waals surface area contributed by atoms with E-state index in [-0.39, 0.29) is 35.3 Å². The van der Waals surface area contributed by atoms with Gasteiger partial charge in [0.15, 0.2) is 0 Å². The van der Waals surface area contributed by atoms with Crippen molar-refractivity contribution in [3.8, 4) is 17.6 Å². The van der Waals surface area contributed by atoms with Crippen LogP contribution in [0.1, 0.15) is 48.7 Å². The Labute approximate surface area is 253 Å². The molecule has 8 nitrogen and oxygen atoms in total.